The van der Waals surface area contributed by atoms with E-state index in [9.17, 15) is 0 Å². The van der Waals surface area contributed by atoms with Crippen LogP contribution in [0.4, 0.5) is 0 Å². The van der Waals surface area contributed by atoms with Gasteiger partial charge in [-0.25, -0.2) is 0 Å². The van der Waals surface area contributed by atoms with Crippen LogP contribution in [0.25, 0.3) is 0 Å². The highest BCUT2D eigenvalue weighted by Crippen LogP contribution is 2.24. The lowest BCUT2D eigenvalue weighted by Crippen LogP contribution is -1.89. The average Bonchev–Trinajstić information content (AvgIpc) is 2.34. The Morgan fingerprint density at radius 3 is 2.41 bits per heavy atom. The first kappa shape index (κ1) is 14.4. The van der Waals surface area contributed by atoms with Crippen molar-refractivity contribution in [2.24, 2.45) is 0 Å². The van der Waals surface area contributed by atoms with E-state index in [-0.39, 0.29) is 0 Å². The molecule has 0 saturated heterocycles. The maximum absolute atomic E-state index is 5.19. The minimum Gasteiger partial charge on any atom is -0.496 e. The van der Waals surface area contributed by atoms with Crippen LogP contribution >= 0.6 is 12.6 Å². The summed E-state index contributed by atoms with van der Waals surface area (Å²) in [7, 11) is 1.68. The van der Waals surface area contributed by atoms with Gasteiger partial charge in [0.1, 0.15) is 5.75 Å². The fourth-order valence-corrected chi connectivity index (χ4v) is 2.33. The topological polar surface area (TPSA) is 9.23 Å². The first-order valence-electron chi connectivity index (χ1n) is 6.63. The molecule has 0 aliphatic rings. The van der Waals surface area contributed by atoms with Crippen LogP contribution in [0.1, 0.15) is 51.0 Å². The lowest BCUT2D eigenvalue weighted by molar-refractivity contribution is 0.404. The maximum atomic E-state index is 5.19. The maximum Gasteiger partial charge on any atom is 0.132 e. The monoisotopic (exact) mass is 252 g/mol. The molecule has 0 aliphatic heterocycles. The van der Waals surface area contributed by atoms with E-state index in [2.05, 4.69) is 31.7 Å². The lowest BCUT2D eigenvalue weighted by Gasteiger charge is -2.06. The first-order chi connectivity index (χ1) is 8.27. The summed E-state index contributed by atoms with van der Waals surface area (Å²) in [6.45, 7) is 2.26. The summed E-state index contributed by atoms with van der Waals surface area (Å²) >= 11 is 4.41. The second-order valence-corrected chi connectivity index (χ2v) is 5.01. The Morgan fingerprint density at radius 1 is 1.06 bits per heavy atom. The van der Waals surface area contributed by atoms with Crippen molar-refractivity contribution >= 4 is 12.6 Å². The van der Waals surface area contributed by atoms with Crippen molar-refractivity contribution in [3.63, 3.8) is 0 Å². The number of unbranched alkanes of at least 4 members (excludes halogenated alkanes) is 5. The third-order valence-corrected chi connectivity index (χ3v) is 3.41. The molecule has 0 heterocycles. The normalized spacial score (nSPS) is 10.5. The summed E-state index contributed by atoms with van der Waals surface area (Å²) in [6, 6.07) is 6.27. The van der Waals surface area contributed by atoms with Crippen molar-refractivity contribution in [3.8, 4) is 5.75 Å². The lowest BCUT2D eigenvalue weighted by atomic mass is 10.0. The van der Waals surface area contributed by atoms with Gasteiger partial charge < -0.3 is 4.74 Å². The van der Waals surface area contributed by atoms with Gasteiger partial charge in [-0.3, -0.25) is 0 Å². The van der Waals surface area contributed by atoms with Crippen LogP contribution in [-0.4, -0.2) is 7.11 Å². The molecule has 0 fully saturated rings. The van der Waals surface area contributed by atoms with Crippen LogP contribution < -0.4 is 4.74 Å². The van der Waals surface area contributed by atoms with Crippen LogP contribution in [0.3, 0.4) is 0 Å². The van der Waals surface area contributed by atoms with Crippen molar-refractivity contribution in [1.29, 1.82) is 0 Å². The summed E-state index contributed by atoms with van der Waals surface area (Å²) in [6.07, 6.45) is 9.24. The van der Waals surface area contributed by atoms with Crippen LogP contribution in [0.15, 0.2) is 23.1 Å². The van der Waals surface area contributed by atoms with E-state index < -0.39 is 0 Å². The SMILES string of the molecule is CCCCCCCCc1ccc(OC)c(S)c1. The minimum absolute atomic E-state index is 0.861. The van der Waals surface area contributed by atoms with Gasteiger partial charge in [-0.2, -0.15) is 0 Å². The summed E-state index contributed by atoms with van der Waals surface area (Å²) in [4.78, 5) is 0.941. The van der Waals surface area contributed by atoms with Gasteiger partial charge in [0.2, 0.25) is 0 Å². The Morgan fingerprint density at radius 2 is 1.76 bits per heavy atom. The Bertz CT molecular complexity index is 323. The molecule has 1 nitrogen and oxygen atoms in total. The van der Waals surface area contributed by atoms with Crippen molar-refractivity contribution in [1.82, 2.24) is 0 Å². The highest BCUT2D eigenvalue weighted by Gasteiger charge is 2.00. The second-order valence-electron chi connectivity index (χ2n) is 4.52. The summed E-state index contributed by atoms with van der Waals surface area (Å²) < 4.78 is 5.19. The van der Waals surface area contributed by atoms with Crippen LogP contribution in [0.5, 0.6) is 5.75 Å². The number of aryl methyl sites for hydroxylation is 1. The van der Waals surface area contributed by atoms with Crippen LogP contribution in [0.2, 0.25) is 0 Å². The van der Waals surface area contributed by atoms with Crippen molar-refractivity contribution in [2.75, 3.05) is 7.11 Å². The zero-order valence-electron chi connectivity index (χ0n) is 11.0. The third kappa shape index (κ3) is 5.49. The molecule has 0 saturated carbocycles. The largest absolute Gasteiger partial charge is 0.496 e. The molecule has 2 heteroatoms. The molecular weight excluding hydrogens is 228 g/mol. The second kappa shape index (κ2) is 8.46. The Labute approximate surface area is 111 Å². The van der Waals surface area contributed by atoms with Gasteiger partial charge >= 0.3 is 0 Å². The standard InChI is InChI=1S/C15H24OS/c1-3-4-5-6-7-8-9-13-10-11-14(16-2)15(17)12-13/h10-12,17H,3-9H2,1-2H3. The van der Waals surface area contributed by atoms with E-state index >= 15 is 0 Å². The molecular formula is C15H24OS. The van der Waals surface area contributed by atoms with Crippen molar-refractivity contribution in [3.05, 3.63) is 23.8 Å². The minimum atomic E-state index is 0.861. The van der Waals surface area contributed by atoms with E-state index in [0.29, 0.717) is 0 Å². The summed E-state index contributed by atoms with van der Waals surface area (Å²) in [5.41, 5.74) is 1.37. The number of benzene rings is 1. The molecule has 1 aromatic rings. The van der Waals surface area contributed by atoms with Gasteiger partial charge in [0.15, 0.2) is 0 Å². The molecule has 0 aromatic heterocycles. The predicted octanol–water partition coefficient (Wildman–Crippen LogP) is 4.89. The molecule has 1 aromatic carbocycles. The number of ether oxygens (including phenoxy) is 1. The summed E-state index contributed by atoms with van der Waals surface area (Å²) in [5.74, 6) is 0.861. The average molecular weight is 252 g/mol. The molecule has 0 unspecified atom stereocenters. The van der Waals surface area contributed by atoms with E-state index in [1.165, 1.54) is 44.1 Å². The van der Waals surface area contributed by atoms with E-state index in [0.717, 1.165) is 17.1 Å². The van der Waals surface area contributed by atoms with Crippen molar-refractivity contribution < 1.29 is 4.74 Å². The Kier molecular flexibility index (Phi) is 7.18. The fraction of sp³-hybridized carbons (Fsp3) is 0.600. The molecule has 0 radical (unpaired) electrons. The first-order valence-corrected chi connectivity index (χ1v) is 7.08. The van der Waals surface area contributed by atoms with E-state index in [1.807, 2.05) is 6.07 Å². The zero-order chi connectivity index (χ0) is 12.5. The van der Waals surface area contributed by atoms with Gasteiger partial charge in [-0.15, -0.1) is 12.6 Å². The third-order valence-electron chi connectivity index (χ3n) is 3.06. The summed E-state index contributed by atoms with van der Waals surface area (Å²) in [5, 5.41) is 0. The van der Waals surface area contributed by atoms with Gasteiger partial charge in [-0.1, -0.05) is 45.1 Å². The van der Waals surface area contributed by atoms with E-state index in [1.54, 1.807) is 7.11 Å². The molecule has 0 amide bonds. The van der Waals surface area contributed by atoms with E-state index in [4.69, 9.17) is 4.74 Å². The predicted molar refractivity (Wildman–Crippen MR) is 77.3 cm³/mol. The number of hydrogen-bond acceptors (Lipinski definition) is 2. The highest BCUT2D eigenvalue weighted by molar-refractivity contribution is 7.80. The Hall–Kier alpha value is -0.630. The molecule has 1 rings (SSSR count). The molecule has 0 atom stereocenters. The number of thiol groups is 1. The molecule has 0 bridgehead atoms. The molecule has 17 heavy (non-hydrogen) atoms. The quantitative estimate of drug-likeness (QED) is 0.512. The molecule has 0 aliphatic carbocycles. The van der Waals surface area contributed by atoms with Crippen LogP contribution in [-0.2, 0) is 6.42 Å². The van der Waals surface area contributed by atoms with Crippen molar-refractivity contribution in [2.45, 2.75) is 56.8 Å². The zero-order valence-corrected chi connectivity index (χ0v) is 11.9. The fourth-order valence-electron chi connectivity index (χ4n) is 2.00. The van der Waals surface area contributed by atoms with Gasteiger partial charge in [0.05, 0.1) is 7.11 Å². The van der Waals surface area contributed by atoms with Gasteiger partial charge in [0, 0.05) is 4.90 Å². The van der Waals surface area contributed by atoms with Crippen LogP contribution in [0, 0.1) is 0 Å². The number of methoxy groups -OCH3 is 1. The highest BCUT2D eigenvalue weighted by atomic mass is 32.1. The Balaban J connectivity index is 2.25. The smallest absolute Gasteiger partial charge is 0.132 e. The van der Waals surface area contributed by atoms with Gasteiger partial charge in [0.25, 0.3) is 0 Å². The molecule has 0 N–H and O–H groups in total. The number of rotatable bonds is 8. The van der Waals surface area contributed by atoms with Gasteiger partial charge in [-0.05, 0) is 30.5 Å². The number of hydrogen-bond donors (Lipinski definition) is 1. The molecule has 0 spiro atoms. The molecule has 96 valence electrons.